The third-order valence-corrected chi connectivity index (χ3v) is 4.37. The van der Waals surface area contributed by atoms with Gasteiger partial charge in [0.15, 0.2) is 0 Å². The summed E-state index contributed by atoms with van der Waals surface area (Å²) in [6.07, 6.45) is -4.43. The fourth-order valence-corrected chi connectivity index (χ4v) is 2.99. The largest absolute Gasteiger partial charge is 0.508 e. The first kappa shape index (κ1) is 17.9. The van der Waals surface area contributed by atoms with E-state index in [2.05, 4.69) is 9.97 Å². The van der Waals surface area contributed by atoms with Crippen molar-refractivity contribution in [1.29, 1.82) is 0 Å². The molecule has 4 rings (SSSR count). The van der Waals surface area contributed by atoms with Crippen LogP contribution < -0.4 is 0 Å². The molecule has 3 nitrogen and oxygen atoms in total. The van der Waals surface area contributed by atoms with E-state index in [-0.39, 0.29) is 5.75 Å². The first-order valence-corrected chi connectivity index (χ1v) is 8.54. The average Bonchev–Trinajstić information content (AvgIpc) is 3.14. The molecule has 28 heavy (non-hydrogen) atoms. The Labute approximate surface area is 159 Å². The molecule has 2 N–H and O–H groups in total. The fraction of sp³-hybridized carbons (Fsp3) is 0.0455. The number of phenols is 1. The number of imidazole rings is 1. The van der Waals surface area contributed by atoms with Gasteiger partial charge in [-0.1, -0.05) is 42.5 Å². The Morgan fingerprint density at radius 2 is 1.43 bits per heavy atom. The number of alkyl halides is 3. The Bertz CT molecular complexity index is 1100. The molecule has 4 aromatic rings. The lowest BCUT2D eigenvalue weighted by molar-refractivity contribution is -0.137. The van der Waals surface area contributed by atoms with Crippen molar-refractivity contribution < 1.29 is 18.3 Å². The standard InChI is InChI=1S/C22H15F3N2O/c23-22(24,25)17-8-4-7-16(13-17)20-19(14-5-2-1-3-6-14)26-21(27-20)15-9-11-18(28)12-10-15/h1-13,28H,(H,26,27). The van der Waals surface area contributed by atoms with Crippen LogP contribution in [0.4, 0.5) is 13.2 Å². The van der Waals surface area contributed by atoms with Crippen LogP contribution in [0.1, 0.15) is 5.56 Å². The van der Waals surface area contributed by atoms with Gasteiger partial charge in [0.2, 0.25) is 0 Å². The lowest BCUT2D eigenvalue weighted by atomic mass is 10.0. The number of aromatic hydroxyl groups is 1. The van der Waals surface area contributed by atoms with Crippen LogP contribution in [0.5, 0.6) is 5.75 Å². The number of rotatable bonds is 3. The van der Waals surface area contributed by atoms with Gasteiger partial charge in [0.1, 0.15) is 11.6 Å². The molecular formula is C22H15F3N2O. The van der Waals surface area contributed by atoms with E-state index in [0.29, 0.717) is 28.3 Å². The second-order valence-electron chi connectivity index (χ2n) is 6.30. The Hall–Kier alpha value is -3.54. The van der Waals surface area contributed by atoms with Gasteiger partial charge >= 0.3 is 6.18 Å². The molecule has 140 valence electrons. The van der Waals surface area contributed by atoms with Gasteiger partial charge in [-0.3, -0.25) is 0 Å². The van der Waals surface area contributed by atoms with E-state index < -0.39 is 11.7 Å². The normalized spacial score (nSPS) is 11.5. The van der Waals surface area contributed by atoms with E-state index in [9.17, 15) is 18.3 Å². The van der Waals surface area contributed by atoms with E-state index in [1.54, 1.807) is 18.2 Å². The molecule has 6 heteroatoms. The number of benzene rings is 3. The molecule has 0 amide bonds. The van der Waals surface area contributed by atoms with Crippen molar-refractivity contribution >= 4 is 0 Å². The molecule has 0 saturated heterocycles. The first-order valence-electron chi connectivity index (χ1n) is 8.54. The van der Waals surface area contributed by atoms with Gasteiger partial charge < -0.3 is 10.1 Å². The highest BCUT2D eigenvalue weighted by Crippen LogP contribution is 2.36. The second kappa shape index (κ2) is 6.88. The minimum Gasteiger partial charge on any atom is -0.508 e. The summed E-state index contributed by atoms with van der Waals surface area (Å²) in [5.41, 5.74) is 2.23. The van der Waals surface area contributed by atoms with Crippen LogP contribution in [-0.4, -0.2) is 15.1 Å². The van der Waals surface area contributed by atoms with Gasteiger partial charge in [-0.2, -0.15) is 13.2 Å². The van der Waals surface area contributed by atoms with Crippen LogP contribution in [0.2, 0.25) is 0 Å². The number of aromatic amines is 1. The van der Waals surface area contributed by atoms with E-state index in [1.807, 2.05) is 30.3 Å². The Balaban J connectivity index is 1.89. The van der Waals surface area contributed by atoms with E-state index in [4.69, 9.17) is 0 Å². The van der Waals surface area contributed by atoms with Crippen molar-refractivity contribution in [1.82, 2.24) is 9.97 Å². The summed E-state index contributed by atoms with van der Waals surface area (Å²) in [4.78, 5) is 7.79. The van der Waals surface area contributed by atoms with Gasteiger partial charge in [-0.05, 0) is 36.4 Å². The third-order valence-electron chi connectivity index (χ3n) is 4.37. The maximum atomic E-state index is 13.2. The highest BCUT2D eigenvalue weighted by molar-refractivity contribution is 5.81. The summed E-state index contributed by atoms with van der Waals surface area (Å²) in [6, 6.07) is 20.9. The molecule has 0 aliphatic carbocycles. The predicted molar refractivity (Wildman–Crippen MR) is 102 cm³/mol. The molecule has 0 aliphatic heterocycles. The number of nitrogens with one attached hydrogen (secondary N) is 1. The molecule has 3 aromatic carbocycles. The molecular weight excluding hydrogens is 365 g/mol. The summed E-state index contributed by atoms with van der Waals surface area (Å²) < 4.78 is 39.5. The summed E-state index contributed by atoms with van der Waals surface area (Å²) in [5, 5.41) is 9.49. The van der Waals surface area contributed by atoms with E-state index in [0.717, 1.165) is 17.7 Å². The van der Waals surface area contributed by atoms with Crippen LogP contribution in [-0.2, 0) is 6.18 Å². The van der Waals surface area contributed by atoms with Gasteiger partial charge in [-0.15, -0.1) is 0 Å². The number of hydrogen-bond acceptors (Lipinski definition) is 2. The zero-order valence-electron chi connectivity index (χ0n) is 14.5. The molecule has 0 saturated carbocycles. The van der Waals surface area contributed by atoms with Gasteiger partial charge in [0.25, 0.3) is 0 Å². The van der Waals surface area contributed by atoms with E-state index >= 15 is 0 Å². The number of aromatic nitrogens is 2. The van der Waals surface area contributed by atoms with E-state index in [1.165, 1.54) is 18.2 Å². The van der Waals surface area contributed by atoms with Crippen molar-refractivity contribution in [2.75, 3.05) is 0 Å². The molecule has 1 aromatic heterocycles. The maximum Gasteiger partial charge on any atom is 0.416 e. The lowest BCUT2D eigenvalue weighted by Crippen LogP contribution is -2.04. The number of phenolic OH excluding ortho intramolecular Hbond substituents is 1. The zero-order valence-corrected chi connectivity index (χ0v) is 14.5. The van der Waals surface area contributed by atoms with Crippen molar-refractivity contribution in [3.63, 3.8) is 0 Å². The monoisotopic (exact) mass is 380 g/mol. The van der Waals surface area contributed by atoms with Gasteiger partial charge in [0, 0.05) is 16.7 Å². The SMILES string of the molecule is Oc1ccc(-c2nc(-c3cccc(C(F)(F)F)c3)c(-c3ccccc3)[nH]2)cc1. The van der Waals surface area contributed by atoms with Crippen molar-refractivity contribution in [2.24, 2.45) is 0 Å². The Morgan fingerprint density at radius 1 is 0.750 bits per heavy atom. The molecule has 0 bridgehead atoms. The quantitative estimate of drug-likeness (QED) is 0.449. The van der Waals surface area contributed by atoms with Gasteiger partial charge in [-0.25, -0.2) is 4.98 Å². The highest BCUT2D eigenvalue weighted by atomic mass is 19.4. The highest BCUT2D eigenvalue weighted by Gasteiger charge is 2.31. The topological polar surface area (TPSA) is 48.9 Å². The van der Waals surface area contributed by atoms with Crippen LogP contribution in [0.3, 0.4) is 0 Å². The smallest absolute Gasteiger partial charge is 0.416 e. The molecule has 0 spiro atoms. The van der Waals surface area contributed by atoms with Crippen LogP contribution >= 0.6 is 0 Å². The summed E-state index contributed by atoms with van der Waals surface area (Å²) >= 11 is 0. The van der Waals surface area contributed by atoms with Gasteiger partial charge in [0.05, 0.1) is 17.0 Å². The molecule has 0 fully saturated rings. The fourth-order valence-electron chi connectivity index (χ4n) is 2.99. The van der Waals surface area contributed by atoms with Crippen LogP contribution in [0.15, 0.2) is 78.9 Å². The molecule has 0 atom stereocenters. The first-order chi connectivity index (χ1) is 13.4. The minimum atomic E-state index is -4.43. The number of hydrogen-bond donors (Lipinski definition) is 2. The number of nitrogens with zero attached hydrogens (tertiary/aromatic N) is 1. The van der Waals surface area contributed by atoms with Crippen molar-refractivity contribution in [3.05, 3.63) is 84.4 Å². The molecule has 0 aliphatic rings. The summed E-state index contributed by atoms with van der Waals surface area (Å²) in [5.74, 6) is 0.628. The van der Waals surface area contributed by atoms with Crippen LogP contribution in [0, 0.1) is 0 Å². The summed E-state index contributed by atoms with van der Waals surface area (Å²) in [7, 11) is 0. The zero-order chi connectivity index (χ0) is 19.7. The Morgan fingerprint density at radius 3 is 2.11 bits per heavy atom. The molecule has 0 radical (unpaired) electrons. The number of H-pyrrole nitrogens is 1. The third kappa shape index (κ3) is 3.49. The second-order valence-corrected chi connectivity index (χ2v) is 6.30. The number of halogens is 3. The summed E-state index contributed by atoms with van der Waals surface area (Å²) in [6.45, 7) is 0. The lowest BCUT2D eigenvalue weighted by Gasteiger charge is -2.08. The maximum absolute atomic E-state index is 13.2. The van der Waals surface area contributed by atoms with Crippen molar-refractivity contribution in [2.45, 2.75) is 6.18 Å². The molecule has 1 heterocycles. The average molecular weight is 380 g/mol. The minimum absolute atomic E-state index is 0.122. The van der Waals surface area contributed by atoms with Crippen LogP contribution in [0.25, 0.3) is 33.9 Å². The predicted octanol–water partition coefficient (Wildman–Crippen LogP) is 6.14. The molecule has 0 unspecified atom stereocenters. The Kier molecular flexibility index (Phi) is 4.39. The van der Waals surface area contributed by atoms with Crippen molar-refractivity contribution in [3.8, 4) is 39.7 Å².